The lowest BCUT2D eigenvalue weighted by atomic mass is 10.2. The lowest BCUT2D eigenvalue weighted by Gasteiger charge is -2.07. The Kier molecular flexibility index (Phi) is 4.32. The topological polar surface area (TPSA) is 45.9 Å². The minimum Gasteiger partial charge on any atom is -0.489 e. The van der Waals surface area contributed by atoms with Crippen LogP contribution in [0.25, 0.3) is 0 Å². The molecule has 0 spiro atoms. The summed E-state index contributed by atoms with van der Waals surface area (Å²) >= 11 is 3.39. The van der Waals surface area contributed by atoms with Crippen LogP contribution in [-0.2, 0) is 11.9 Å². The summed E-state index contributed by atoms with van der Waals surface area (Å²) in [6, 6.07) is 13.5. The molecule has 0 fully saturated rings. The van der Waals surface area contributed by atoms with Gasteiger partial charge in [0.05, 0.1) is 0 Å². The van der Waals surface area contributed by atoms with E-state index in [0.29, 0.717) is 12.3 Å². The minimum absolute atomic E-state index is 0.352. The smallest absolute Gasteiger partial charge is 0.147 e. The first-order chi connectivity index (χ1) is 8.83. The van der Waals surface area contributed by atoms with Crippen molar-refractivity contribution in [2.45, 2.75) is 11.9 Å². The second-order valence-electron chi connectivity index (χ2n) is 3.69. The van der Waals surface area contributed by atoms with Crippen molar-refractivity contribution in [1.82, 2.24) is 4.98 Å². The van der Waals surface area contributed by atoms with E-state index in [-0.39, 0.29) is 0 Å². The van der Waals surface area contributed by atoms with E-state index >= 15 is 0 Å². The highest BCUT2D eigenvalue weighted by Crippen LogP contribution is 2.16. The lowest BCUT2D eigenvalue weighted by molar-refractivity contribution is 0.305. The summed E-state index contributed by atoms with van der Waals surface area (Å²) in [6.07, 6.45) is 1.60. The van der Waals surface area contributed by atoms with Crippen LogP contribution in [0.2, 0.25) is 0 Å². The van der Waals surface area contributed by atoms with E-state index in [1.165, 1.54) is 5.56 Å². The number of pyridine rings is 1. The predicted molar refractivity (Wildman–Crippen MR) is 72.4 cm³/mol. The molecule has 1 aromatic heterocycles. The first-order valence-electron chi connectivity index (χ1n) is 5.45. The number of halogens is 1. The van der Waals surface area contributed by atoms with Gasteiger partial charge in [0.25, 0.3) is 0 Å². The normalized spacial score (nSPS) is 9.78. The highest BCUT2D eigenvalue weighted by atomic mass is 79.9. The van der Waals surface area contributed by atoms with Crippen molar-refractivity contribution in [2.75, 3.05) is 0 Å². The fourth-order valence-corrected chi connectivity index (χ4v) is 1.87. The maximum Gasteiger partial charge on any atom is 0.147 e. The standard InChI is InChI=1S/C14H11BrN2O/c15-8-11-3-5-13(6-4-11)18-10-12-2-1-7-17-14(12)9-16/h1-7H,8,10H2. The molecule has 4 heteroatoms. The van der Waals surface area contributed by atoms with E-state index in [0.717, 1.165) is 16.6 Å². The Morgan fingerprint density at radius 1 is 1.22 bits per heavy atom. The molecule has 2 rings (SSSR count). The molecule has 0 bridgehead atoms. The van der Waals surface area contributed by atoms with E-state index < -0.39 is 0 Å². The number of aromatic nitrogens is 1. The van der Waals surface area contributed by atoms with Crippen molar-refractivity contribution < 1.29 is 4.74 Å². The molecule has 0 saturated carbocycles. The maximum absolute atomic E-state index is 8.91. The summed E-state index contributed by atoms with van der Waals surface area (Å²) in [5.41, 5.74) is 2.40. The molecule has 2 aromatic rings. The lowest BCUT2D eigenvalue weighted by Crippen LogP contribution is -1.99. The van der Waals surface area contributed by atoms with E-state index in [2.05, 4.69) is 27.0 Å². The number of hydrogen-bond donors (Lipinski definition) is 0. The SMILES string of the molecule is N#Cc1ncccc1COc1ccc(CBr)cc1. The average molecular weight is 303 g/mol. The van der Waals surface area contributed by atoms with Crippen LogP contribution in [0.3, 0.4) is 0 Å². The maximum atomic E-state index is 8.91. The molecular formula is C14H11BrN2O. The number of benzene rings is 1. The summed E-state index contributed by atoms with van der Waals surface area (Å²) in [7, 11) is 0. The van der Waals surface area contributed by atoms with E-state index in [1.807, 2.05) is 30.3 Å². The fourth-order valence-electron chi connectivity index (χ4n) is 1.49. The Labute approximate surface area is 114 Å². The molecule has 0 N–H and O–H groups in total. The molecule has 0 atom stereocenters. The fraction of sp³-hybridized carbons (Fsp3) is 0.143. The molecule has 1 aromatic carbocycles. The molecule has 0 radical (unpaired) electrons. The summed E-state index contributed by atoms with van der Waals surface area (Å²) in [5, 5.41) is 9.74. The number of nitriles is 1. The van der Waals surface area contributed by atoms with E-state index in [1.54, 1.807) is 12.3 Å². The van der Waals surface area contributed by atoms with Crippen molar-refractivity contribution in [2.24, 2.45) is 0 Å². The van der Waals surface area contributed by atoms with Gasteiger partial charge in [-0.3, -0.25) is 0 Å². The van der Waals surface area contributed by atoms with Gasteiger partial charge >= 0.3 is 0 Å². The van der Waals surface area contributed by atoms with Gasteiger partial charge in [-0.15, -0.1) is 0 Å². The van der Waals surface area contributed by atoms with E-state index in [4.69, 9.17) is 10.00 Å². The third-order valence-corrected chi connectivity index (χ3v) is 3.12. The minimum atomic E-state index is 0.352. The first-order valence-corrected chi connectivity index (χ1v) is 6.57. The monoisotopic (exact) mass is 302 g/mol. The van der Waals surface area contributed by atoms with Crippen molar-refractivity contribution in [1.29, 1.82) is 5.26 Å². The number of hydrogen-bond acceptors (Lipinski definition) is 3. The Balaban J connectivity index is 2.05. The van der Waals surface area contributed by atoms with Crippen molar-refractivity contribution in [3.05, 3.63) is 59.4 Å². The Bertz CT molecular complexity index is 561. The summed E-state index contributed by atoms with van der Waals surface area (Å²) in [4.78, 5) is 3.99. The molecular weight excluding hydrogens is 292 g/mol. The molecule has 90 valence electrons. The third-order valence-electron chi connectivity index (χ3n) is 2.47. The number of ether oxygens (including phenoxy) is 1. The van der Waals surface area contributed by atoms with Gasteiger partial charge in [0, 0.05) is 17.1 Å². The van der Waals surface area contributed by atoms with Gasteiger partial charge in [0.1, 0.15) is 24.1 Å². The molecule has 0 saturated heterocycles. The van der Waals surface area contributed by atoms with Crippen LogP contribution in [0.4, 0.5) is 0 Å². The van der Waals surface area contributed by atoms with Gasteiger partial charge in [0.15, 0.2) is 0 Å². The Hall–Kier alpha value is -1.86. The van der Waals surface area contributed by atoms with Crippen LogP contribution in [0.5, 0.6) is 5.75 Å². The van der Waals surface area contributed by atoms with Crippen LogP contribution in [-0.4, -0.2) is 4.98 Å². The summed E-state index contributed by atoms with van der Waals surface area (Å²) in [5.74, 6) is 0.785. The largest absolute Gasteiger partial charge is 0.489 e. The molecule has 18 heavy (non-hydrogen) atoms. The van der Waals surface area contributed by atoms with Gasteiger partial charge < -0.3 is 4.74 Å². The highest BCUT2D eigenvalue weighted by Gasteiger charge is 2.03. The molecule has 3 nitrogen and oxygen atoms in total. The van der Waals surface area contributed by atoms with Crippen molar-refractivity contribution in [3.8, 4) is 11.8 Å². The van der Waals surface area contributed by atoms with Crippen LogP contribution < -0.4 is 4.74 Å². The van der Waals surface area contributed by atoms with Gasteiger partial charge in [-0.05, 0) is 23.8 Å². The Morgan fingerprint density at radius 3 is 2.67 bits per heavy atom. The second kappa shape index (κ2) is 6.18. The molecule has 0 aliphatic heterocycles. The van der Waals surface area contributed by atoms with Crippen molar-refractivity contribution in [3.63, 3.8) is 0 Å². The van der Waals surface area contributed by atoms with Crippen LogP contribution >= 0.6 is 15.9 Å². The number of alkyl halides is 1. The van der Waals surface area contributed by atoms with Crippen molar-refractivity contribution >= 4 is 15.9 Å². The zero-order chi connectivity index (χ0) is 12.8. The van der Waals surface area contributed by atoms with Gasteiger partial charge in [-0.25, -0.2) is 4.98 Å². The van der Waals surface area contributed by atoms with Crippen LogP contribution in [0, 0.1) is 11.3 Å². The van der Waals surface area contributed by atoms with Gasteiger partial charge in [0.2, 0.25) is 0 Å². The molecule has 0 aliphatic rings. The zero-order valence-electron chi connectivity index (χ0n) is 9.64. The third kappa shape index (κ3) is 3.08. The number of nitrogens with zero attached hydrogens (tertiary/aromatic N) is 2. The summed E-state index contributed by atoms with van der Waals surface area (Å²) in [6.45, 7) is 0.352. The Morgan fingerprint density at radius 2 is 2.00 bits per heavy atom. The summed E-state index contributed by atoms with van der Waals surface area (Å²) < 4.78 is 5.63. The molecule has 1 heterocycles. The molecule has 0 unspecified atom stereocenters. The highest BCUT2D eigenvalue weighted by molar-refractivity contribution is 9.08. The van der Waals surface area contributed by atoms with Crippen LogP contribution in [0.1, 0.15) is 16.8 Å². The molecule has 0 aliphatic carbocycles. The van der Waals surface area contributed by atoms with E-state index in [9.17, 15) is 0 Å². The van der Waals surface area contributed by atoms with Gasteiger partial charge in [-0.2, -0.15) is 5.26 Å². The molecule has 0 amide bonds. The number of rotatable bonds is 4. The second-order valence-corrected chi connectivity index (χ2v) is 4.25. The quantitative estimate of drug-likeness (QED) is 0.813. The first kappa shape index (κ1) is 12.6. The zero-order valence-corrected chi connectivity index (χ0v) is 11.2. The predicted octanol–water partition coefficient (Wildman–Crippen LogP) is 3.43. The average Bonchev–Trinajstić information content (AvgIpc) is 2.46. The van der Waals surface area contributed by atoms with Gasteiger partial charge in [-0.1, -0.05) is 34.1 Å². The van der Waals surface area contributed by atoms with Crippen LogP contribution in [0.15, 0.2) is 42.6 Å².